The topological polar surface area (TPSA) is 77.8 Å². The van der Waals surface area contributed by atoms with Crippen molar-refractivity contribution in [1.82, 2.24) is 10.2 Å². The van der Waals surface area contributed by atoms with Crippen LogP contribution < -0.4 is 11.5 Å². The van der Waals surface area contributed by atoms with Crippen LogP contribution >= 0.6 is 0 Å². The molecule has 4 nitrogen and oxygen atoms in total. The van der Waals surface area contributed by atoms with Gasteiger partial charge in [-0.15, -0.1) is 0 Å². The molecule has 1 aromatic rings. The summed E-state index contributed by atoms with van der Waals surface area (Å²) >= 11 is 0. The summed E-state index contributed by atoms with van der Waals surface area (Å²) < 4.78 is 0. The molecule has 0 saturated carbocycles. The number of nitrogens with zero attached hydrogens (tertiary/aromatic N) is 2. The molecular formula is C4H6N4. The van der Waals surface area contributed by atoms with Gasteiger partial charge in [-0.3, -0.25) is 0 Å². The number of hydrogen-bond donors (Lipinski definition) is 2. The molecule has 0 aromatic carbocycles. The zero-order valence-corrected chi connectivity index (χ0v) is 4.20. The summed E-state index contributed by atoms with van der Waals surface area (Å²) in [6.07, 6.45) is 2.82. The molecule has 0 bridgehead atoms. The molecule has 4 heteroatoms. The molecule has 42 valence electrons. The van der Waals surface area contributed by atoms with Gasteiger partial charge >= 0.3 is 0 Å². The lowest BCUT2D eigenvalue weighted by molar-refractivity contribution is 1.04. The predicted octanol–water partition coefficient (Wildman–Crippen LogP) is -0.359. The molecule has 0 fully saturated rings. The quantitative estimate of drug-likeness (QED) is 0.478. The van der Waals surface area contributed by atoms with E-state index >= 15 is 0 Å². The van der Waals surface area contributed by atoms with Crippen molar-refractivity contribution < 1.29 is 0 Å². The Morgan fingerprint density at radius 3 is 1.62 bits per heavy atom. The number of nitrogen functional groups attached to an aromatic ring is 2. The van der Waals surface area contributed by atoms with Crippen molar-refractivity contribution >= 4 is 11.4 Å². The number of rotatable bonds is 0. The standard InChI is InChI=1S/C4H6N4/c5-3-1-7-8-2-4(3)6/h1-2H,(H2,6,7)(H2,5,8). The molecule has 0 aliphatic rings. The first kappa shape index (κ1) is 4.83. The number of hydrogen-bond acceptors (Lipinski definition) is 4. The Balaban J connectivity index is 3.13. The molecule has 1 rings (SSSR count). The van der Waals surface area contributed by atoms with Gasteiger partial charge in [0.1, 0.15) is 0 Å². The van der Waals surface area contributed by atoms with Gasteiger partial charge in [0.05, 0.1) is 23.8 Å². The van der Waals surface area contributed by atoms with Crippen molar-refractivity contribution in [3.05, 3.63) is 12.4 Å². The van der Waals surface area contributed by atoms with E-state index in [0.717, 1.165) is 0 Å². The lowest BCUT2D eigenvalue weighted by atomic mass is 10.4. The first-order valence-electron chi connectivity index (χ1n) is 2.12. The Hall–Kier alpha value is -1.32. The van der Waals surface area contributed by atoms with Gasteiger partial charge in [0.15, 0.2) is 0 Å². The lowest BCUT2D eigenvalue weighted by Crippen LogP contribution is -1.95. The molecule has 0 aliphatic heterocycles. The van der Waals surface area contributed by atoms with Crippen molar-refractivity contribution in [2.75, 3.05) is 11.5 Å². The summed E-state index contributed by atoms with van der Waals surface area (Å²) in [6, 6.07) is 0. The van der Waals surface area contributed by atoms with Crippen LogP contribution in [0.1, 0.15) is 0 Å². The van der Waals surface area contributed by atoms with Crippen molar-refractivity contribution in [2.45, 2.75) is 0 Å². The molecule has 0 radical (unpaired) electrons. The van der Waals surface area contributed by atoms with Gasteiger partial charge in [0.25, 0.3) is 0 Å². The van der Waals surface area contributed by atoms with Crippen molar-refractivity contribution in [3.63, 3.8) is 0 Å². The van der Waals surface area contributed by atoms with Crippen LogP contribution in [0.3, 0.4) is 0 Å². The van der Waals surface area contributed by atoms with Gasteiger partial charge in [-0.1, -0.05) is 0 Å². The van der Waals surface area contributed by atoms with Crippen LogP contribution in [-0.2, 0) is 0 Å². The van der Waals surface area contributed by atoms with Gasteiger partial charge in [0.2, 0.25) is 0 Å². The van der Waals surface area contributed by atoms with Crippen LogP contribution in [0.15, 0.2) is 12.4 Å². The fraction of sp³-hybridized carbons (Fsp3) is 0. The largest absolute Gasteiger partial charge is 0.396 e. The van der Waals surface area contributed by atoms with Crippen molar-refractivity contribution in [1.29, 1.82) is 0 Å². The van der Waals surface area contributed by atoms with E-state index in [-0.39, 0.29) is 0 Å². The van der Waals surface area contributed by atoms with E-state index in [2.05, 4.69) is 10.2 Å². The maximum absolute atomic E-state index is 5.29. The first-order chi connectivity index (χ1) is 3.80. The Labute approximate surface area is 46.5 Å². The van der Waals surface area contributed by atoms with Crippen LogP contribution in [-0.4, -0.2) is 10.2 Å². The molecule has 0 atom stereocenters. The fourth-order valence-electron chi connectivity index (χ4n) is 0.340. The van der Waals surface area contributed by atoms with Gasteiger partial charge in [-0.2, -0.15) is 10.2 Å². The molecule has 0 saturated heterocycles. The van der Waals surface area contributed by atoms with Gasteiger partial charge in [0, 0.05) is 0 Å². The Morgan fingerprint density at radius 2 is 1.38 bits per heavy atom. The zero-order chi connectivity index (χ0) is 5.98. The second-order valence-electron chi connectivity index (χ2n) is 1.40. The number of aromatic nitrogens is 2. The van der Waals surface area contributed by atoms with Gasteiger partial charge < -0.3 is 11.5 Å². The summed E-state index contributed by atoms with van der Waals surface area (Å²) in [5, 5.41) is 6.98. The molecule has 8 heavy (non-hydrogen) atoms. The Morgan fingerprint density at radius 1 is 1.00 bits per heavy atom. The minimum atomic E-state index is 0.472. The Kier molecular flexibility index (Phi) is 0.997. The average molecular weight is 110 g/mol. The van der Waals surface area contributed by atoms with E-state index in [1.54, 1.807) is 0 Å². The summed E-state index contributed by atoms with van der Waals surface area (Å²) in [5.74, 6) is 0. The average Bonchev–Trinajstić information content (AvgIpc) is 1.77. The minimum absolute atomic E-state index is 0.472. The molecule has 0 aliphatic carbocycles. The monoisotopic (exact) mass is 110 g/mol. The third-order valence-electron chi connectivity index (χ3n) is 0.794. The lowest BCUT2D eigenvalue weighted by Gasteiger charge is -1.92. The highest BCUT2D eigenvalue weighted by molar-refractivity contribution is 5.59. The number of nitrogens with two attached hydrogens (primary N) is 2. The maximum atomic E-state index is 5.29. The molecule has 0 spiro atoms. The second kappa shape index (κ2) is 1.65. The van der Waals surface area contributed by atoms with E-state index in [9.17, 15) is 0 Å². The van der Waals surface area contributed by atoms with Crippen LogP contribution in [0.2, 0.25) is 0 Å². The summed E-state index contributed by atoms with van der Waals surface area (Å²) in [7, 11) is 0. The van der Waals surface area contributed by atoms with Crippen LogP contribution in [0.25, 0.3) is 0 Å². The smallest absolute Gasteiger partial charge is 0.0769 e. The summed E-state index contributed by atoms with van der Waals surface area (Å²) in [6.45, 7) is 0. The van der Waals surface area contributed by atoms with E-state index in [1.807, 2.05) is 0 Å². The summed E-state index contributed by atoms with van der Waals surface area (Å²) in [4.78, 5) is 0. The highest BCUT2D eigenvalue weighted by atomic mass is 15.1. The number of anilines is 2. The van der Waals surface area contributed by atoms with Crippen LogP contribution in [0, 0.1) is 0 Å². The third kappa shape index (κ3) is 0.676. The summed E-state index contributed by atoms with van der Waals surface area (Å²) in [5.41, 5.74) is 11.5. The normalized spacial score (nSPS) is 9.00. The van der Waals surface area contributed by atoms with Gasteiger partial charge in [-0.05, 0) is 0 Å². The minimum Gasteiger partial charge on any atom is -0.396 e. The highest BCUT2D eigenvalue weighted by Crippen LogP contribution is 2.06. The Bertz CT molecular complexity index is 164. The van der Waals surface area contributed by atoms with E-state index in [4.69, 9.17) is 11.5 Å². The first-order valence-corrected chi connectivity index (χ1v) is 2.12. The zero-order valence-electron chi connectivity index (χ0n) is 4.20. The SMILES string of the molecule is Nc1cnncc1N. The molecule has 0 amide bonds. The molecule has 1 aromatic heterocycles. The molecular weight excluding hydrogens is 104 g/mol. The van der Waals surface area contributed by atoms with Crippen molar-refractivity contribution in [2.24, 2.45) is 0 Å². The van der Waals surface area contributed by atoms with E-state index in [1.165, 1.54) is 12.4 Å². The second-order valence-corrected chi connectivity index (χ2v) is 1.40. The van der Waals surface area contributed by atoms with Crippen LogP contribution in [0.5, 0.6) is 0 Å². The molecule has 0 unspecified atom stereocenters. The highest BCUT2D eigenvalue weighted by Gasteiger charge is 1.87. The van der Waals surface area contributed by atoms with Crippen molar-refractivity contribution in [3.8, 4) is 0 Å². The molecule has 1 heterocycles. The van der Waals surface area contributed by atoms with Crippen LogP contribution in [0.4, 0.5) is 11.4 Å². The van der Waals surface area contributed by atoms with E-state index in [0.29, 0.717) is 11.4 Å². The van der Waals surface area contributed by atoms with E-state index < -0.39 is 0 Å². The molecule has 4 N–H and O–H groups in total. The maximum Gasteiger partial charge on any atom is 0.0769 e. The van der Waals surface area contributed by atoms with Gasteiger partial charge in [-0.25, -0.2) is 0 Å². The third-order valence-corrected chi connectivity index (χ3v) is 0.794. The fourth-order valence-corrected chi connectivity index (χ4v) is 0.340. The predicted molar refractivity (Wildman–Crippen MR) is 30.9 cm³/mol.